The number of aliphatic hydroxyl groups excluding tert-OH is 1. The van der Waals surface area contributed by atoms with Crippen molar-refractivity contribution in [3.05, 3.63) is 48.3 Å². The van der Waals surface area contributed by atoms with E-state index in [0.29, 0.717) is 12.2 Å². The Hall–Kier alpha value is -1.80. The highest BCUT2D eigenvalue weighted by atomic mass is 32.2. The summed E-state index contributed by atoms with van der Waals surface area (Å²) in [5.74, 6) is 0.848. The van der Waals surface area contributed by atoms with Crippen molar-refractivity contribution >= 4 is 23.3 Å². The topological polar surface area (TPSA) is 85.7 Å². The van der Waals surface area contributed by atoms with Gasteiger partial charge < -0.3 is 14.6 Å². The van der Waals surface area contributed by atoms with Gasteiger partial charge in [0.05, 0.1) is 18.0 Å². The Kier molecular flexibility index (Phi) is 6.30. The van der Waals surface area contributed by atoms with Crippen molar-refractivity contribution in [2.24, 2.45) is 28.6 Å². The summed E-state index contributed by atoms with van der Waals surface area (Å²) >= 11 is 1.51. The van der Waals surface area contributed by atoms with Crippen LogP contribution in [0.5, 0.6) is 0 Å². The zero-order valence-electron chi connectivity index (χ0n) is 21.9. The van der Waals surface area contributed by atoms with E-state index in [4.69, 9.17) is 9.47 Å². The first-order valence-corrected chi connectivity index (χ1v) is 14.7. The molecule has 0 radical (unpaired) electrons. The average Bonchev–Trinajstić information content (AvgIpc) is 3.35. The molecule has 2 heterocycles. The maximum absolute atomic E-state index is 14.2. The van der Waals surface area contributed by atoms with Gasteiger partial charge in [0.1, 0.15) is 0 Å². The van der Waals surface area contributed by atoms with Crippen molar-refractivity contribution in [1.82, 2.24) is 4.98 Å². The van der Waals surface area contributed by atoms with Gasteiger partial charge in [-0.3, -0.25) is 14.6 Å². The van der Waals surface area contributed by atoms with E-state index in [1.165, 1.54) is 11.8 Å². The maximum Gasteiger partial charge on any atom is 0.178 e. The molecule has 1 aromatic heterocycles. The van der Waals surface area contributed by atoms with Crippen molar-refractivity contribution in [3.8, 4) is 0 Å². The molecular formula is C30H37NO5S. The standard InChI is InChI=1S/C30H37NO5S/c1-4-5-26-35-25-15-22-21-7-6-18-14-19(32)8-11-28(18,2)27(21)23(33)16-29(22,3)30(25,36-26)24(34)17-37-20-9-12-31-13-10-20/h8-14,21-23,25-27,33H,4-7,15-17H2,1-3H3/t21?,22?,23?,25-,26-,27?,28?,29?,30-/m1/s1. The van der Waals surface area contributed by atoms with Crippen molar-refractivity contribution in [1.29, 1.82) is 0 Å². The number of Topliss-reactive ketones (excluding diaryl/α,β-unsaturated/α-hetero) is 1. The highest BCUT2D eigenvalue weighted by Gasteiger charge is 2.75. The molecule has 0 bridgehead atoms. The van der Waals surface area contributed by atoms with Crippen LogP contribution in [0.2, 0.25) is 0 Å². The first-order valence-electron chi connectivity index (χ1n) is 13.7. The van der Waals surface area contributed by atoms with Crippen LogP contribution in [0.1, 0.15) is 59.3 Å². The monoisotopic (exact) mass is 523 g/mol. The Morgan fingerprint density at radius 2 is 2.05 bits per heavy atom. The Balaban J connectivity index is 1.35. The van der Waals surface area contributed by atoms with Gasteiger partial charge in [-0.1, -0.05) is 38.8 Å². The molecule has 4 aliphatic carbocycles. The fraction of sp³-hybridized carbons (Fsp3) is 0.633. The largest absolute Gasteiger partial charge is 0.393 e. The lowest BCUT2D eigenvalue weighted by molar-refractivity contribution is -0.197. The van der Waals surface area contributed by atoms with Gasteiger partial charge in [0, 0.05) is 34.0 Å². The molecule has 1 aliphatic heterocycles. The van der Waals surface area contributed by atoms with Gasteiger partial charge >= 0.3 is 0 Å². The molecular weight excluding hydrogens is 486 g/mol. The minimum absolute atomic E-state index is 0.0125. The van der Waals surface area contributed by atoms with Gasteiger partial charge in [0.2, 0.25) is 0 Å². The third-order valence-electron chi connectivity index (χ3n) is 10.2. The van der Waals surface area contributed by atoms with Crippen LogP contribution < -0.4 is 0 Å². The number of carbonyl (C=O) groups is 2. The van der Waals surface area contributed by atoms with E-state index in [9.17, 15) is 14.7 Å². The number of fused-ring (bicyclic) bond motifs is 7. The van der Waals surface area contributed by atoms with Gasteiger partial charge in [0.15, 0.2) is 23.5 Å². The molecule has 4 fully saturated rings. The van der Waals surface area contributed by atoms with Gasteiger partial charge in [-0.05, 0) is 68.2 Å². The molecule has 1 N–H and O–H groups in total. The number of pyridine rings is 1. The Morgan fingerprint density at radius 1 is 1.27 bits per heavy atom. The maximum atomic E-state index is 14.2. The number of aliphatic hydroxyl groups is 1. The molecule has 6 nitrogen and oxygen atoms in total. The molecule has 1 aromatic rings. The Bertz CT molecular complexity index is 1150. The number of ether oxygens (including phenoxy) is 2. The second-order valence-corrected chi connectivity index (χ2v) is 13.1. The quantitative estimate of drug-likeness (QED) is 0.530. The normalized spacial score (nSPS) is 44.0. The van der Waals surface area contributed by atoms with E-state index in [2.05, 4.69) is 25.8 Å². The van der Waals surface area contributed by atoms with Crippen molar-refractivity contribution in [3.63, 3.8) is 0 Å². The van der Waals surface area contributed by atoms with E-state index in [0.717, 1.165) is 42.6 Å². The molecule has 0 amide bonds. The van der Waals surface area contributed by atoms with Gasteiger partial charge in [-0.15, -0.1) is 11.8 Å². The number of allylic oxidation sites excluding steroid dienone is 4. The molecule has 9 atom stereocenters. The van der Waals surface area contributed by atoms with Gasteiger partial charge in [-0.25, -0.2) is 0 Å². The van der Waals surface area contributed by atoms with E-state index in [1.54, 1.807) is 24.5 Å². The van der Waals surface area contributed by atoms with E-state index in [-0.39, 0.29) is 47.1 Å². The number of thioether (sulfide) groups is 1. The van der Waals surface area contributed by atoms with Crippen molar-refractivity contribution in [2.75, 3.05) is 5.75 Å². The van der Waals surface area contributed by atoms with Crippen molar-refractivity contribution in [2.45, 2.75) is 88.3 Å². The smallest absolute Gasteiger partial charge is 0.178 e. The fourth-order valence-electron chi connectivity index (χ4n) is 8.70. The highest BCUT2D eigenvalue weighted by molar-refractivity contribution is 8.00. The second-order valence-electron chi connectivity index (χ2n) is 12.0. The molecule has 37 heavy (non-hydrogen) atoms. The summed E-state index contributed by atoms with van der Waals surface area (Å²) in [4.78, 5) is 31.5. The first-order chi connectivity index (χ1) is 17.7. The summed E-state index contributed by atoms with van der Waals surface area (Å²) in [6.07, 6.45) is 12.4. The molecule has 6 rings (SSSR count). The SMILES string of the molecule is CCC[C@@H]1O[C@@H]2CC3C4CCC5=CC(=O)C=CC5(C)C4C(O)CC3(C)[C@]2(C(=O)CSc2ccncc2)O1. The minimum Gasteiger partial charge on any atom is -0.393 e. The lowest BCUT2D eigenvalue weighted by Crippen LogP contribution is -2.63. The first kappa shape index (κ1) is 25.5. The lowest BCUT2D eigenvalue weighted by atomic mass is 9.46. The van der Waals surface area contributed by atoms with Crippen LogP contribution in [0.3, 0.4) is 0 Å². The number of hydrogen-bond acceptors (Lipinski definition) is 7. The van der Waals surface area contributed by atoms with E-state index < -0.39 is 17.1 Å². The number of aromatic nitrogens is 1. The highest BCUT2D eigenvalue weighted by Crippen LogP contribution is 2.69. The van der Waals surface area contributed by atoms with Crippen LogP contribution in [-0.4, -0.2) is 51.5 Å². The molecule has 0 aromatic carbocycles. The number of hydrogen-bond donors (Lipinski definition) is 1. The predicted octanol–water partition coefficient (Wildman–Crippen LogP) is 4.91. The lowest BCUT2D eigenvalue weighted by Gasteiger charge is -2.59. The number of nitrogens with zero attached hydrogens (tertiary/aromatic N) is 1. The number of ketones is 2. The molecule has 6 unspecified atom stereocenters. The molecule has 1 saturated heterocycles. The van der Waals surface area contributed by atoms with E-state index in [1.807, 2.05) is 18.2 Å². The molecule has 198 valence electrons. The molecule has 7 heteroatoms. The third kappa shape index (κ3) is 3.68. The Morgan fingerprint density at radius 3 is 2.81 bits per heavy atom. The minimum atomic E-state index is -1.06. The zero-order chi connectivity index (χ0) is 26.0. The number of carbonyl (C=O) groups excluding carboxylic acids is 2. The summed E-state index contributed by atoms with van der Waals surface area (Å²) in [6.45, 7) is 6.46. The summed E-state index contributed by atoms with van der Waals surface area (Å²) < 4.78 is 13.2. The van der Waals surface area contributed by atoms with Crippen LogP contribution in [0, 0.1) is 28.6 Å². The van der Waals surface area contributed by atoms with Crippen LogP contribution in [0.4, 0.5) is 0 Å². The number of rotatable bonds is 6. The summed E-state index contributed by atoms with van der Waals surface area (Å²) in [5.41, 5.74) is -0.783. The van der Waals surface area contributed by atoms with Crippen LogP contribution in [-0.2, 0) is 19.1 Å². The van der Waals surface area contributed by atoms with Crippen molar-refractivity contribution < 1.29 is 24.2 Å². The van der Waals surface area contributed by atoms with Crippen LogP contribution in [0.15, 0.2) is 53.2 Å². The second kappa shape index (κ2) is 9.15. The van der Waals surface area contributed by atoms with Crippen LogP contribution in [0.25, 0.3) is 0 Å². The molecule has 5 aliphatic rings. The molecule has 3 saturated carbocycles. The Labute approximate surface area is 223 Å². The zero-order valence-corrected chi connectivity index (χ0v) is 22.7. The van der Waals surface area contributed by atoms with Crippen LogP contribution >= 0.6 is 11.8 Å². The average molecular weight is 524 g/mol. The van der Waals surface area contributed by atoms with Gasteiger partial charge in [-0.2, -0.15) is 0 Å². The van der Waals surface area contributed by atoms with Gasteiger partial charge in [0.25, 0.3) is 0 Å². The summed E-state index contributed by atoms with van der Waals surface area (Å²) in [6, 6.07) is 3.84. The summed E-state index contributed by atoms with van der Waals surface area (Å²) in [5, 5.41) is 11.8. The third-order valence-corrected chi connectivity index (χ3v) is 11.3. The predicted molar refractivity (Wildman–Crippen MR) is 141 cm³/mol. The summed E-state index contributed by atoms with van der Waals surface area (Å²) in [7, 11) is 0. The molecule has 0 spiro atoms. The van der Waals surface area contributed by atoms with E-state index >= 15 is 0 Å². The fourth-order valence-corrected chi connectivity index (χ4v) is 9.52.